The SMILES string of the molecule is CC(C)(C)OC(=O)N[C@@H](Cc1ccc(OCc2ccccc2)cc1)C(=O)N1CCC(=O)[C@H]1Cc1ccccc1. The van der Waals surface area contributed by atoms with E-state index in [1.807, 2.05) is 84.9 Å². The van der Waals surface area contributed by atoms with Crippen LogP contribution in [-0.4, -0.2) is 46.9 Å². The zero-order valence-electron chi connectivity index (χ0n) is 22.8. The smallest absolute Gasteiger partial charge is 0.408 e. The Morgan fingerprint density at radius 3 is 2.13 bits per heavy atom. The number of rotatable bonds is 9. The van der Waals surface area contributed by atoms with Gasteiger partial charge in [-0.1, -0.05) is 72.8 Å². The van der Waals surface area contributed by atoms with Crippen molar-refractivity contribution in [2.75, 3.05) is 6.54 Å². The van der Waals surface area contributed by atoms with E-state index in [0.717, 1.165) is 16.7 Å². The lowest BCUT2D eigenvalue weighted by Gasteiger charge is -2.29. The Hall–Kier alpha value is -4.13. The highest BCUT2D eigenvalue weighted by atomic mass is 16.6. The van der Waals surface area contributed by atoms with Crippen LogP contribution in [0, 0.1) is 0 Å². The Labute approximate surface area is 230 Å². The van der Waals surface area contributed by atoms with Crippen molar-refractivity contribution in [2.24, 2.45) is 0 Å². The van der Waals surface area contributed by atoms with Crippen LogP contribution in [0.4, 0.5) is 4.79 Å². The first-order valence-electron chi connectivity index (χ1n) is 13.3. The quantitative estimate of drug-likeness (QED) is 0.417. The van der Waals surface area contributed by atoms with Gasteiger partial charge in [-0.25, -0.2) is 4.79 Å². The molecule has 1 N–H and O–H groups in total. The molecule has 3 aromatic rings. The first-order valence-corrected chi connectivity index (χ1v) is 13.3. The van der Waals surface area contributed by atoms with Gasteiger partial charge in [-0.15, -0.1) is 0 Å². The molecule has 204 valence electrons. The Morgan fingerprint density at radius 2 is 1.51 bits per heavy atom. The minimum absolute atomic E-state index is 0.0307. The van der Waals surface area contributed by atoms with Crippen LogP contribution < -0.4 is 10.1 Å². The van der Waals surface area contributed by atoms with E-state index in [1.165, 1.54) is 0 Å². The molecule has 39 heavy (non-hydrogen) atoms. The number of Topliss-reactive ketones (excluding diaryl/α,β-unsaturated/α-hetero) is 1. The molecule has 0 unspecified atom stereocenters. The van der Waals surface area contributed by atoms with Crippen molar-refractivity contribution in [1.82, 2.24) is 10.2 Å². The number of ether oxygens (including phenoxy) is 2. The second-order valence-electron chi connectivity index (χ2n) is 10.8. The zero-order valence-corrected chi connectivity index (χ0v) is 22.8. The standard InChI is InChI=1S/C32H36N2O5/c1-32(2,3)39-31(37)33-27(20-24-14-16-26(17-15-24)38-22-25-12-8-5-9-13-25)30(36)34-19-18-29(35)28(34)21-23-10-6-4-7-11-23/h4-17,27-28H,18-22H2,1-3H3,(H,33,37)/t27-,28+/m0/s1. The largest absolute Gasteiger partial charge is 0.489 e. The number of hydrogen-bond donors (Lipinski definition) is 1. The van der Waals surface area contributed by atoms with Gasteiger partial charge < -0.3 is 19.7 Å². The molecule has 1 saturated heterocycles. The van der Waals surface area contributed by atoms with Crippen LogP contribution in [0.5, 0.6) is 5.75 Å². The summed E-state index contributed by atoms with van der Waals surface area (Å²) in [6, 6.07) is 25.6. The molecule has 0 bridgehead atoms. The van der Waals surface area contributed by atoms with E-state index in [-0.39, 0.29) is 18.1 Å². The molecule has 3 aromatic carbocycles. The van der Waals surface area contributed by atoms with E-state index in [4.69, 9.17) is 9.47 Å². The maximum Gasteiger partial charge on any atom is 0.408 e. The van der Waals surface area contributed by atoms with Gasteiger partial charge in [-0.3, -0.25) is 9.59 Å². The van der Waals surface area contributed by atoms with E-state index < -0.39 is 23.8 Å². The highest BCUT2D eigenvalue weighted by Gasteiger charge is 2.39. The second kappa shape index (κ2) is 12.6. The lowest BCUT2D eigenvalue weighted by molar-refractivity contribution is -0.136. The van der Waals surface area contributed by atoms with Crippen LogP contribution >= 0.6 is 0 Å². The lowest BCUT2D eigenvalue weighted by atomic mass is 10.0. The van der Waals surface area contributed by atoms with Crippen molar-refractivity contribution in [3.63, 3.8) is 0 Å². The summed E-state index contributed by atoms with van der Waals surface area (Å²) >= 11 is 0. The Kier molecular flexibility index (Phi) is 9.02. The first kappa shape index (κ1) is 27.9. The van der Waals surface area contributed by atoms with Crippen LogP contribution in [0.15, 0.2) is 84.9 Å². The number of alkyl carbamates (subject to hydrolysis) is 1. The van der Waals surface area contributed by atoms with Crippen LogP contribution in [0.25, 0.3) is 0 Å². The molecule has 1 aliphatic heterocycles. The number of nitrogens with one attached hydrogen (secondary N) is 1. The molecule has 7 heteroatoms. The van der Waals surface area contributed by atoms with Crippen molar-refractivity contribution in [1.29, 1.82) is 0 Å². The number of carbonyl (C=O) groups excluding carboxylic acids is 3. The molecule has 0 aromatic heterocycles. The van der Waals surface area contributed by atoms with Gasteiger partial charge in [0.1, 0.15) is 24.0 Å². The van der Waals surface area contributed by atoms with Crippen LogP contribution in [-0.2, 0) is 33.8 Å². The summed E-state index contributed by atoms with van der Waals surface area (Å²) in [7, 11) is 0. The van der Waals surface area contributed by atoms with Gasteiger partial charge in [0, 0.05) is 19.4 Å². The fraction of sp³-hybridized carbons (Fsp3) is 0.344. The predicted molar refractivity (Wildman–Crippen MR) is 149 cm³/mol. The van der Waals surface area contributed by atoms with Crippen molar-refractivity contribution in [3.05, 3.63) is 102 Å². The number of carbonyl (C=O) groups is 3. The Bertz CT molecular complexity index is 1250. The first-order chi connectivity index (χ1) is 18.7. The van der Waals surface area contributed by atoms with Crippen molar-refractivity contribution in [3.8, 4) is 5.75 Å². The van der Waals surface area contributed by atoms with Crippen molar-refractivity contribution < 1.29 is 23.9 Å². The molecular formula is C32H36N2O5. The summed E-state index contributed by atoms with van der Waals surface area (Å²) in [5.74, 6) is 0.443. The van der Waals surface area contributed by atoms with Gasteiger partial charge in [-0.2, -0.15) is 0 Å². The normalized spacial score (nSPS) is 16.0. The van der Waals surface area contributed by atoms with Gasteiger partial charge in [0.15, 0.2) is 5.78 Å². The second-order valence-corrected chi connectivity index (χ2v) is 10.8. The van der Waals surface area contributed by atoms with Crippen molar-refractivity contribution in [2.45, 2.75) is 64.3 Å². The zero-order chi connectivity index (χ0) is 27.8. The fourth-order valence-electron chi connectivity index (χ4n) is 4.60. The molecule has 7 nitrogen and oxygen atoms in total. The maximum atomic E-state index is 13.8. The third kappa shape index (κ3) is 8.18. The van der Waals surface area contributed by atoms with Gasteiger partial charge >= 0.3 is 6.09 Å². The van der Waals surface area contributed by atoms with E-state index in [1.54, 1.807) is 25.7 Å². The number of ketones is 1. The van der Waals surface area contributed by atoms with Gasteiger partial charge in [0.05, 0.1) is 6.04 Å². The monoisotopic (exact) mass is 528 g/mol. The number of benzene rings is 3. The minimum Gasteiger partial charge on any atom is -0.489 e. The summed E-state index contributed by atoms with van der Waals surface area (Å²) in [5, 5.41) is 2.76. The van der Waals surface area contributed by atoms with Crippen LogP contribution in [0.2, 0.25) is 0 Å². The van der Waals surface area contributed by atoms with E-state index in [0.29, 0.717) is 31.7 Å². The van der Waals surface area contributed by atoms with Gasteiger partial charge in [0.2, 0.25) is 5.91 Å². The molecule has 2 atom stereocenters. The van der Waals surface area contributed by atoms with E-state index in [9.17, 15) is 14.4 Å². The highest BCUT2D eigenvalue weighted by Crippen LogP contribution is 2.22. The molecule has 0 saturated carbocycles. The van der Waals surface area contributed by atoms with Crippen LogP contribution in [0.3, 0.4) is 0 Å². The molecule has 1 heterocycles. The summed E-state index contributed by atoms with van der Waals surface area (Å²) in [6.07, 6.45) is 0.321. The molecule has 0 aliphatic carbocycles. The molecule has 0 spiro atoms. The Morgan fingerprint density at radius 1 is 0.897 bits per heavy atom. The molecule has 0 radical (unpaired) electrons. The maximum absolute atomic E-state index is 13.8. The predicted octanol–water partition coefficient (Wildman–Crippen LogP) is 5.11. The van der Waals surface area contributed by atoms with E-state index in [2.05, 4.69) is 5.32 Å². The molecule has 2 amide bonds. The van der Waals surface area contributed by atoms with E-state index >= 15 is 0 Å². The van der Waals surface area contributed by atoms with Crippen LogP contribution in [0.1, 0.15) is 43.9 Å². The van der Waals surface area contributed by atoms with Crippen molar-refractivity contribution >= 4 is 17.8 Å². The number of hydrogen-bond acceptors (Lipinski definition) is 5. The average molecular weight is 529 g/mol. The number of amides is 2. The molecule has 4 rings (SSSR count). The Balaban J connectivity index is 1.48. The van der Waals surface area contributed by atoms with Gasteiger partial charge in [0.25, 0.3) is 0 Å². The number of nitrogens with zero attached hydrogens (tertiary/aromatic N) is 1. The third-order valence-electron chi connectivity index (χ3n) is 6.50. The minimum atomic E-state index is -0.889. The summed E-state index contributed by atoms with van der Waals surface area (Å²) < 4.78 is 11.3. The summed E-state index contributed by atoms with van der Waals surface area (Å²) in [6.45, 7) is 6.09. The summed E-state index contributed by atoms with van der Waals surface area (Å²) in [5.41, 5.74) is 2.19. The topological polar surface area (TPSA) is 84.9 Å². The molecular weight excluding hydrogens is 492 g/mol. The molecule has 1 aliphatic rings. The fourth-order valence-corrected chi connectivity index (χ4v) is 4.60. The van der Waals surface area contributed by atoms with Gasteiger partial charge in [-0.05, 0) is 56.0 Å². The molecule has 1 fully saturated rings. The highest BCUT2D eigenvalue weighted by molar-refractivity contribution is 5.95. The lowest BCUT2D eigenvalue weighted by Crippen LogP contribution is -2.53. The summed E-state index contributed by atoms with van der Waals surface area (Å²) in [4.78, 5) is 40.9. The third-order valence-corrected chi connectivity index (χ3v) is 6.50. The average Bonchev–Trinajstić information content (AvgIpc) is 3.27. The number of likely N-dealkylation sites (tertiary alicyclic amines) is 1.